The summed E-state index contributed by atoms with van der Waals surface area (Å²) in [5, 5.41) is 0. The van der Waals surface area contributed by atoms with Crippen LogP contribution in [0.3, 0.4) is 0 Å². The second-order valence-electron chi connectivity index (χ2n) is 5.25. The van der Waals surface area contributed by atoms with Gasteiger partial charge in [0, 0.05) is 6.92 Å². The lowest BCUT2D eigenvalue weighted by atomic mass is 9.60. The van der Waals surface area contributed by atoms with Crippen molar-refractivity contribution < 1.29 is 9.63 Å². The fourth-order valence-electron chi connectivity index (χ4n) is 2.67. The zero-order valence-corrected chi connectivity index (χ0v) is 9.06. The molecule has 0 aromatic carbocycles. The lowest BCUT2D eigenvalue weighted by Crippen LogP contribution is -2.49. The van der Waals surface area contributed by atoms with Gasteiger partial charge in [-0.1, -0.05) is 6.92 Å². The van der Waals surface area contributed by atoms with Crippen LogP contribution in [0.4, 0.5) is 0 Å². The van der Waals surface area contributed by atoms with Gasteiger partial charge < -0.3 is 0 Å². The van der Waals surface area contributed by atoms with Crippen molar-refractivity contribution in [3.63, 3.8) is 0 Å². The van der Waals surface area contributed by atoms with Gasteiger partial charge in [-0.15, -0.1) is 0 Å². The Bertz CT molecular complexity index is 225. The van der Waals surface area contributed by atoms with E-state index in [2.05, 4.69) is 12.4 Å². The van der Waals surface area contributed by atoms with Gasteiger partial charge in [-0.05, 0) is 43.9 Å². The molecule has 3 saturated carbocycles. The summed E-state index contributed by atoms with van der Waals surface area (Å²) in [6.45, 7) is 3.86. The minimum absolute atomic E-state index is 0.0383. The average molecular weight is 197 g/mol. The summed E-state index contributed by atoms with van der Waals surface area (Å²) in [6.07, 6.45) is 7.03. The summed E-state index contributed by atoms with van der Waals surface area (Å²) in [4.78, 5) is 16.3. The summed E-state index contributed by atoms with van der Waals surface area (Å²) >= 11 is 0. The predicted octanol–water partition coefficient (Wildman–Crippen LogP) is 2.17. The molecule has 1 amide bonds. The van der Waals surface area contributed by atoms with Crippen LogP contribution in [-0.2, 0) is 9.63 Å². The van der Waals surface area contributed by atoms with Crippen molar-refractivity contribution in [2.24, 2.45) is 5.41 Å². The normalized spacial score (nSPS) is 41.0. The Labute approximate surface area is 85.2 Å². The molecular weight excluding hydrogens is 178 g/mol. The first-order valence-electron chi connectivity index (χ1n) is 5.48. The predicted molar refractivity (Wildman–Crippen MR) is 53.4 cm³/mol. The van der Waals surface area contributed by atoms with E-state index in [-0.39, 0.29) is 11.5 Å². The number of nitrogens with one attached hydrogen (secondary N) is 1. The molecule has 0 spiro atoms. The van der Waals surface area contributed by atoms with Crippen molar-refractivity contribution in [1.82, 2.24) is 5.48 Å². The minimum atomic E-state index is -0.0988. The second-order valence-corrected chi connectivity index (χ2v) is 5.25. The Balaban J connectivity index is 1.95. The number of carbonyl (C=O) groups is 1. The third-order valence-electron chi connectivity index (χ3n) is 3.96. The molecule has 3 fully saturated rings. The summed E-state index contributed by atoms with van der Waals surface area (Å²) in [6, 6.07) is 0. The molecule has 3 aliphatic carbocycles. The molecule has 2 bridgehead atoms. The van der Waals surface area contributed by atoms with Crippen LogP contribution < -0.4 is 5.48 Å². The van der Waals surface area contributed by atoms with E-state index in [1.54, 1.807) is 0 Å². The summed E-state index contributed by atoms with van der Waals surface area (Å²) in [5.74, 6) is -0.0988. The smallest absolute Gasteiger partial charge is 0.240 e. The van der Waals surface area contributed by atoms with Gasteiger partial charge in [-0.2, -0.15) is 0 Å². The van der Waals surface area contributed by atoms with Crippen LogP contribution in [0.25, 0.3) is 0 Å². The number of amides is 1. The number of hydrogen-bond acceptors (Lipinski definition) is 2. The molecule has 14 heavy (non-hydrogen) atoms. The number of hydroxylamine groups is 1. The van der Waals surface area contributed by atoms with Gasteiger partial charge in [0.25, 0.3) is 0 Å². The molecule has 3 heteroatoms. The first-order valence-corrected chi connectivity index (χ1v) is 5.48. The van der Waals surface area contributed by atoms with E-state index in [0.29, 0.717) is 5.41 Å². The maximum atomic E-state index is 10.8. The highest BCUT2D eigenvalue weighted by Crippen LogP contribution is 2.53. The van der Waals surface area contributed by atoms with Gasteiger partial charge in [0.1, 0.15) is 0 Å². The van der Waals surface area contributed by atoms with E-state index >= 15 is 0 Å². The molecule has 0 heterocycles. The van der Waals surface area contributed by atoms with Gasteiger partial charge in [0.05, 0.1) is 5.60 Å². The zero-order chi connectivity index (χ0) is 10.2. The van der Waals surface area contributed by atoms with Crippen LogP contribution in [0.5, 0.6) is 0 Å². The number of rotatable bonds is 2. The highest BCUT2D eigenvalue weighted by molar-refractivity contribution is 5.71. The Hall–Kier alpha value is -0.570. The van der Waals surface area contributed by atoms with Crippen LogP contribution >= 0.6 is 0 Å². The van der Waals surface area contributed by atoms with Crippen molar-refractivity contribution in [1.29, 1.82) is 0 Å². The Morgan fingerprint density at radius 2 is 1.64 bits per heavy atom. The van der Waals surface area contributed by atoms with Gasteiger partial charge in [-0.25, -0.2) is 5.48 Å². The molecule has 0 radical (unpaired) electrons. The van der Waals surface area contributed by atoms with E-state index in [1.165, 1.54) is 26.2 Å². The Kier molecular flexibility index (Phi) is 2.30. The van der Waals surface area contributed by atoms with E-state index in [4.69, 9.17) is 4.84 Å². The molecule has 3 rings (SSSR count). The Morgan fingerprint density at radius 1 is 1.14 bits per heavy atom. The molecular formula is C11H19NO2. The fraction of sp³-hybridized carbons (Fsp3) is 0.909. The van der Waals surface area contributed by atoms with Crippen molar-refractivity contribution in [2.45, 2.75) is 58.0 Å². The van der Waals surface area contributed by atoms with Crippen LogP contribution in [0, 0.1) is 5.41 Å². The largest absolute Gasteiger partial charge is 0.273 e. The molecule has 3 nitrogen and oxygen atoms in total. The third kappa shape index (κ3) is 1.78. The van der Waals surface area contributed by atoms with Crippen molar-refractivity contribution in [3.05, 3.63) is 0 Å². The highest BCUT2D eigenvalue weighted by Gasteiger charge is 2.47. The topological polar surface area (TPSA) is 38.3 Å². The maximum Gasteiger partial charge on any atom is 0.240 e. The molecule has 80 valence electrons. The van der Waals surface area contributed by atoms with Crippen LogP contribution in [0.15, 0.2) is 0 Å². The van der Waals surface area contributed by atoms with Crippen molar-refractivity contribution >= 4 is 5.91 Å². The molecule has 0 atom stereocenters. The number of carbonyl (C=O) groups excluding carboxylic acids is 1. The quantitative estimate of drug-likeness (QED) is 0.689. The summed E-state index contributed by atoms with van der Waals surface area (Å²) < 4.78 is 0. The fourth-order valence-corrected chi connectivity index (χ4v) is 2.67. The number of hydrogen-bond donors (Lipinski definition) is 1. The lowest BCUT2D eigenvalue weighted by molar-refractivity contribution is -0.181. The first kappa shape index (κ1) is 9.97. The monoisotopic (exact) mass is 197 g/mol. The molecule has 1 N–H and O–H groups in total. The summed E-state index contributed by atoms with van der Waals surface area (Å²) in [5.41, 5.74) is 3.02. The van der Waals surface area contributed by atoms with Crippen LogP contribution in [-0.4, -0.2) is 11.5 Å². The Morgan fingerprint density at radius 3 is 2.07 bits per heavy atom. The van der Waals surface area contributed by atoms with Gasteiger partial charge in [0.15, 0.2) is 0 Å². The van der Waals surface area contributed by atoms with Crippen LogP contribution in [0.2, 0.25) is 0 Å². The molecule has 0 aliphatic heterocycles. The highest BCUT2D eigenvalue weighted by atomic mass is 16.7. The lowest BCUT2D eigenvalue weighted by Gasteiger charge is -2.50. The first-order chi connectivity index (χ1) is 6.54. The van der Waals surface area contributed by atoms with Gasteiger partial charge in [0.2, 0.25) is 5.91 Å². The third-order valence-corrected chi connectivity index (χ3v) is 3.96. The van der Waals surface area contributed by atoms with E-state index in [1.807, 2.05) is 0 Å². The average Bonchev–Trinajstić information content (AvgIpc) is 2.17. The minimum Gasteiger partial charge on any atom is -0.273 e. The zero-order valence-electron chi connectivity index (χ0n) is 9.06. The SMILES string of the molecule is CC(=O)NOC12CCC(C)(CC1)CC2. The van der Waals surface area contributed by atoms with Gasteiger partial charge >= 0.3 is 0 Å². The van der Waals surface area contributed by atoms with E-state index in [0.717, 1.165) is 19.3 Å². The van der Waals surface area contributed by atoms with Crippen LogP contribution in [0.1, 0.15) is 52.4 Å². The van der Waals surface area contributed by atoms with Gasteiger partial charge in [-0.3, -0.25) is 9.63 Å². The standard InChI is InChI=1S/C11H19NO2/c1-9(13)12-14-11-6-3-10(2,4-7-11)5-8-11/h3-8H2,1-2H3,(H,12,13). The second kappa shape index (κ2) is 3.23. The maximum absolute atomic E-state index is 10.8. The molecule has 0 saturated heterocycles. The number of fused-ring (bicyclic) bond motifs is 3. The molecule has 0 aromatic heterocycles. The molecule has 0 aromatic rings. The van der Waals surface area contributed by atoms with E-state index in [9.17, 15) is 4.79 Å². The molecule has 3 aliphatic rings. The van der Waals surface area contributed by atoms with Crippen molar-refractivity contribution in [3.8, 4) is 0 Å². The van der Waals surface area contributed by atoms with E-state index < -0.39 is 0 Å². The van der Waals surface area contributed by atoms with Crippen molar-refractivity contribution in [2.75, 3.05) is 0 Å². The molecule has 0 unspecified atom stereocenters. The summed E-state index contributed by atoms with van der Waals surface area (Å²) in [7, 11) is 0.